The topological polar surface area (TPSA) is 24.5 Å². The summed E-state index contributed by atoms with van der Waals surface area (Å²) in [6.07, 6.45) is 7.01. The van der Waals surface area contributed by atoms with Gasteiger partial charge in [0.05, 0.1) is 7.11 Å². The van der Waals surface area contributed by atoms with E-state index in [9.17, 15) is 0 Å². The molecule has 1 atom stereocenters. The van der Waals surface area contributed by atoms with Gasteiger partial charge in [-0.05, 0) is 48.9 Å². The summed E-state index contributed by atoms with van der Waals surface area (Å²) in [5.41, 5.74) is 2.91. The van der Waals surface area contributed by atoms with E-state index in [1.165, 1.54) is 56.3 Å². The van der Waals surface area contributed by atoms with Crippen molar-refractivity contribution in [3.8, 4) is 5.75 Å². The van der Waals surface area contributed by atoms with Gasteiger partial charge in [0.25, 0.3) is 0 Å². The molecule has 1 aromatic rings. The lowest BCUT2D eigenvalue weighted by atomic mass is 9.79. The number of ether oxygens (including phenoxy) is 1. The fourth-order valence-corrected chi connectivity index (χ4v) is 4.27. The van der Waals surface area contributed by atoms with E-state index >= 15 is 0 Å². The molecule has 1 aromatic carbocycles. The molecule has 1 saturated heterocycles. The molecule has 2 aliphatic rings. The van der Waals surface area contributed by atoms with Crippen molar-refractivity contribution >= 4 is 0 Å². The lowest BCUT2D eigenvalue weighted by Crippen LogP contribution is -2.47. The molecule has 3 heteroatoms. The summed E-state index contributed by atoms with van der Waals surface area (Å²) in [6.45, 7) is 6.84. The van der Waals surface area contributed by atoms with E-state index in [4.69, 9.17) is 4.74 Å². The molecule has 0 aromatic heterocycles. The van der Waals surface area contributed by atoms with Crippen molar-refractivity contribution in [3.63, 3.8) is 0 Å². The summed E-state index contributed by atoms with van der Waals surface area (Å²) >= 11 is 0. The Morgan fingerprint density at radius 3 is 2.50 bits per heavy atom. The van der Waals surface area contributed by atoms with Crippen LogP contribution in [0.15, 0.2) is 18.2 Å². The Kier molecular flexibility index (Phi) is 5.37. The Hall–Kier alpha value is -1.06. The molecule has 1 N–H and O–H groups in total. The standard InChI is InChI=1S/C19H30N2O/c1-15-14-17(22-2)8-9-18(15)19(16-6-4-3-5-7-16)21-12-10-20-11-13-21/h8-9,14,16,19-20H,3-7,10-13H2,1-2H3/t19-/m0/s1. The first-order valence-corrected chi connectivity index (χ1v) is 8.89. The molecule has 22 heavy (non-hydrogen) atoms. The van der Waals surface area contributed by atoms with Crippen LogP contribution in [0.2, 0.25) is 0 Å². The van der Waals surface area contributed by atoms with Crippen LogP contribution in [0, 0.1) is 12.8 Å². The molecule has 122 valence electrons. The zero-order valence-corrected chi connectivity index (χ0v) is 14.1. The first-order valence-electron chi connectivity index (χ1n) is 8.89. The molecule has 0 radical (unpaired) electrons. The highest BCUT2D eigenvalue weighted by molar-refractivity contribution is 5.37. The summed E-state index contributed by atoms with van der Waals surface area (Å²) in [5, 5.41) is 3.50. The van der Waals surface area contributed by atoms with Gasteiger partial charge in [0.2, 0.25) is 0 Å². The minimum atomic E-state index is 0.591. The van der Waals surface area contributed by atoms with Crippen LogP contribution in [0.1, 0.15) is 49.3 Å². The second-order valence-electron chi connectivity index (χ2n) is 6.85. The maximum absolute atomic E-state index is 5.40. The van der Waals surface area contributed by atoms with Crippen LogP contribution in [0.25, 0.3) is 0 Å². The van der Waals surface area contributed by atoms with Crippen molar-refractivity contribution in [2.45, 2.75) is 45.1 Å². The molecule has 0 spiro atoms. The number of aryl methyl sites for hydroxylation is 1. The van der Waals surface area contributed by atoms with Crippen LogP contribution < -0.4 is 10.1 Å². The molecule has 1 aliphatic heterocycles. The molecular weight excluding hydrogens is 272 g/mol. The number of benzene rings is 1. The van der Waals surface area contributed by atoms with Gasteiger partial charge in [-0.25, -0.2) is 0 Å². The average Bonchev–Trinajstić information content (AvgIpc) is 2.58. The second kappa shape index (κ2) is 7.47. The van der Waals surface area contributed by atoms with Crippen molar-refractivity contribution in [2.24, 2.45) is 5.92 Å². The quantitative estimate of drug-likeness (QED) is 0.921. The maximum Gasteiger partial charge on any atom is 0.119 e. The predicted octanol–water partition coefficient (Wildman–Crippen LogP) is 3.53. The molecule has 0 unspecified atom stereocenters. The van der Waals surface area contributed by atoms with Crippen molar-refractivity contribution in [1.29, 1.82) is 0 Å². The Bertz CT molecular complexity index is 458. The number of hydrogen-bond donors (Lipinski definition) is 1. The molecule has 2 fully saturated rings. The second-order valence-corrected chi connectivity index (χ2v) is 6.85. The fraction of sp³-hybridized carbons (Fsp3) is 0.684. The van der Waals surface area contributed by atoms with Crippen molar-refractivity contribution in [1.82, 2.24) is 10.2 Å². The minimum Gasteiger partial charge on any atom is -0.497 e. The Labute approximate surface area is 135 Å². The van der Waals surface area contributed by atoms with Crippen molar-refractivity contribution < 1.29 is 4.74 Å². The third-order valence-electron chi connectivity index (χ3n) is 5.44. The number of nitrogens with zero attached hydrogens (tertiary/aromatic N) is 1. The number of piperazine rings is 1. The van der Waals surface area contributed by atoms with E-state index in [-0.39, 0.29) is 0 Å². The highest BCUT2D eigenvalue weighted by atomic mass is 16.5. The van der Waals surface area contributed by atoms with Gasteiger partial charge in [-0.3, -0.25) is 4.90 Å². The number of rotatable bonds is 4. The first kappa shape index (κ1) is 15.8. The van der Waals surface area contributed by atoms with Crippen LogP contribution in [0.5, 0.6) is 5.75 Å². The molecule has 0 bridgehead atoms. The molecular formula is C19H30N2O. The summed E-state index contributed by atoms with van der Waals surface area (Å²) in [5.74, 6) is 1.79. The molecule has 1 heterocycles. The zero-order chi connectivity index (χ0) is 15.4. The van der Waals surface area contributed by atoms with Gasteiger partial charge < -0.3 is 10.1 Å². The van der Waals surface area contributed by atoms with Gasteiger partial charge >= 0.3 is 0 Å². The molecule has 1 aliphatic carbocycles. The largest absolute Gasteiger partial charge is 0.497 e. The van der Waals surface area contributed by atoms with Crippen LogP contribution in [0.4, 0.5) is 0 Å². The normalized spacial score (nSPS) is 22.5. The zero-order valence-electron chi connectivity index (χ0n) is 14.1. The van der Waals surface area contributed by atoms with E-state index in [2.05, 4.69) is 35.3 Å². The number of hydrogen-bond acceptors (Lipinski definition) is 3. The van der Waals surface area contributed by atoms with E-state index < -0.39 is 0 Å². The van der Waals surface area contributed by atoms with Crippen LogP contribution in [-0.2, 0) is 0 Å². The summed E-state index contributed by atoms with van der Waals surface area (Å²) in [4.78, 5) is 2.72. The summed E-state index contributed by atoms with van der Waals surface area (Å²) in [7, 11) is 1.75. The Morgan fingerprint density at radius 1 is 1.14 bits per heavy atom. The lowest BCUT2D eigenvalue weighted by Gasteiger charge is -2.41. The first-order chi connectivity index (χ1) is 10.8. The molecule has 1 saturated carbocycles. The van der Waals surface area contributed by atoms with Gasteiger partial charge in [0, 0.05) is 32.2 Å². The Morgan fingerprint density at radius 2 is 1.86 bits per heavy atom. The van der Waals surface area contributed by atoms with Gasteiger partial charge in [0.1, 0.15) is 5.75 Å². The van der Waals surface area contributed by atoms with E-state index in [0.29, 0.717) is 6.04 Å². The van der Waals surface area contributed by atoms with E-state index in [1.54, 1.807) is 7.11 Å². The maximum atomic E-state index is 5.40. The van der Waals surface area contributed by atoms with Gasteiger partial charge in [0.15, 0.2) is 0 Å². The summed E-state index contributed by atoms with van der Waals surface area (Å²) < 4.78 is 5.40. The lowest BCUT2D eigenvalue weighted by molar-refractivity contribution is 0.103. The van der Waals surface area contributed by atoms with Gasteiger partial charge in [-0.15, -0.1) is 0 Å². The van der Waals surface area contributed by atoms with Crippen LogP contribution in [0.3, 0.4) is 0 Å². The highest BCUT2D eigenvalue weighted by Gasteiger charge is 2.31. The molecule has 3 rings (SSSR count). The van der Waals surface area contributed by atoms with Crippen LogP contribution in [-0.4, -0.2) is 38.2 Å². The highest BCUT2D eigenvalue weighted by Crippen LogP contribution is 2.40. The SMILES string of the molecule is COc1ccc([C@H](C2CCCCC2)N2CCNCC2)c(C)c1. The Balaban J connectivity index is 1.89. The predicted molar refractivity (Wildman–Crippen MR) is 91.5 cm³/mol. The van der Waals surface area contributed by atoms with Crippen molar-refractivity contribution in [2.75, 3.05) is 33.3 Å². The average molecular weight is 302 g/mol. The van der Waals surface area contributed by atoms with Gasteiger partial charge in [-0.1, -0.05) is 25.3 Å². The smallest absolute Gasteiger partial charge is 0.119 e. The fourth-order valence-electron chi connectivity index (χ4n) is 4.27. The molecule has 0 amide bonds. The van der Waals surface area contributed by atoms with E-state index in [1.807, 2.05) is 0 Å². The molecule has 3 nitrogen and oxygen atoms in total. The summed E-state index contributed by atoms with van der Waals surface area (Å²) in [6, 6.07) is 7.25. The monoisotopic (exact) mass is 302 g/mol. The van der Waals surface area contributed by atoms with E-state index in [0.717, 1.165) is 24.8 Å². The third-order valence-corrected chi connectivity index (χ3v) is 5.44. The van der Waals surface area contributed by atoms with Crippen molar-refractivity contribution in [3.05, 3.63) is 29.3 Å². The minimum absolute atomic E-state index is 0.591. The third kappa shape index (κ3) is 3.47. The number of nitrogens with one attached hydrogen (secondary N) is 1. The van der Waals surface area contributed by atoms with Crippen LogP contribution >= 0.6 is 0 Å². The number of methoxy groups -OCH3 is 1. The van der Waals surface area contributed by atoms with Gasteiger partial charge in [-0.2, -0.15) is 0 Å².